The lowest BCUT2D eigenvalue weighted by molar-refractivity contribution is 0.102. The summed E-state index contributed by atoms with van der Waals surface area (Å²) in [5.74, 6) is -0.367. The van der Waals surface area contributed by atoms with Gasteiger partial charge in [-0.25, -0.2) is 0 Å². The number of fused-ring (bicyclic) bond motifs is 1. The van der Waals surface area contributed by atoms with E-state index in [1.165, 1.54) is 0 Å². The van der Waals surface area contributed by atoms with Crippen molar-refractivity contribution in [2.45, 2.75) is 20.3 Å². The predicted molar refractivity (Wildman–Crippen MR) is 123 cm³/mol. The topological polar surface area (TPSA) is 66.1 Å². The molecule has 0 radical (unpaired) electrons. The molecule has 1 heterocycles. The third-order valence-electron chi connectivity index (χ3n) is 4.56. The molecule has 0 saturated carbocycles. The Morgan fingerprint density at radius 1 is 1.03 bits per heavy atom. The number of anilines is 2. The minimum Gasteiger partial charge on any atom is -0.383 e. The quantitative estimate of drug-likeness (QED) is 0.412. The highest BCUT2D eigenvalue weighted by molar-refractivity contribution is 6.40. The van der Waals surface area contributed by atoms with Crippen LogP contribution >= 0.6 is 23.2 Å². The Bertz CT molecular complexity index is 1000. The lowest BCUT2D eigenvalue weighted by Gasteiger charge is -2.15. The summed E-state index contributed by atoms with van der Waals surface area (Å²) in [5.41, 5.74) is 3.63. The van der Waals surface area contributed by atoms with Gasteiger partial charge in [0.1, 0.15) is 0 Å². The molecule has 0 fully saturated rings. The van der Waals surface area contributed by atoms with Crippen LogP contribution in [0.15, 0.2) is 42.6 Å². The van der Waals surface area contributed by atoms with Crippen LogP contribution in [0.4, 0.5) is 11.4 Å². The average Bonchev–Trinajstić information content (AvgIpc) is 2.69. The molecule has 7 heteroatoms. The van der Waals surface area contributed by atoms with E-state index in [4.69, 9.17) is 23.2 Å². The molecule has 1 amide bonds. The first-order valence-corrected chi connectivity index (χ1v) is 10.4. The molecule has 5 nitrogen and oxygen atoms in total. The zero-order chi connectivity index (χ0) is 20.8. The van der Waals surface area contributed by atoms with E-state index < -0.39 is 0 Å². The van der Waals surface area contributed by atoms with Gasteiger partial charge in [-0.1, -0.05) is 48.3 Å². The van der Waals surface area contributed by atoms with Crippen LogP contribution in [0.2, 0.25) is 10.0 Å². The van der Waals surface area contributed by atoms with Gasteiger partial charge >= 0.3 is 0 Å². The summed E-state index contributed by atoms with van der Waals surface area (Å²) in [7, 11) is 0. The number of rotatable bonds is 8. The number of amides is 1. The van der Waals surface area contributed by atoms with Crippen molar-refractivity contribution in [3.05, 3.63) is 63.8 Å². The molecule has 0 aliphatic heterocycles. The standard InChI is InChI=1S/C22H24Cl2N4O/c1-3-10-25-11-12-26-20-14(2)13-27-21-15(20)6-4-9-18(21)28-22(29)19-16(23)7-5-8-17(19)24/h4-9,13,25H,3,10-12H2,1-2H3,(H,26,27)(H,28,29). The number of hydrogen-bond donors (Lipinski definition) is 3. The number of para-hydroxylation sites is 1. The van der Waals surface area contributed by atoms with E-state index >= 15 is 0 Å². The first-order chi connectivity index (χ1) is 14.0. The predicted octanol–water partition coefficient (Wildman–Crippen LogP) is 5.51. The molecule has 0 bridgehead atoms. The van der Waals surface area contributed by atoms with Crippen LogP contribution in [0.3, 0.4) is 0 Å². The maximum Gasteiger partial charge on any atom is 0.258 e. The molecule has 3 N–H and O–H groups in total. The molecule has 0 unspecified atom stereocenters. The summed E-state index contributed by atoms with van der Waals surface area (Å²) >= 11 is 12.3. The van der Waals surface area contributed by atoms with Gasteiger partial charge in [-0.2, -0.15) is 0 Å². The van der Waals surface area contributed by atoms with Gasteiger partial charge < -0.3 is 16.0 Å². The molecular formula is C22H24Cl2N4O. The molecule has 1 aromatic heterocycles. The van der Waals surface area contributed by atoms with E-state index in [-0.39, 0.29) is 11.5 Å². The number of aryl methyl sites for hydroxylation is 1. The molecule has 2 aromatic carbocycles. The van der Waals surface area contributed by atoms with Crippen LogP contribution in [-0.4, -0.2) is 30.5 Å². The number of carbonyl (C=O) groups is 1. The van der Waals surface area contributed by atoms with E-state index in [0.717, 1.165) is 42.7 Å². The van der Waals surface area contributed by atoms with E-state index in [1.54, 1.807) is 18.2 Å². The highest BCUT2D eigenvalue weighted by Crippen LogP contribution is 2.31. The molecular weight excluding hydrogens is 407 g/mol. The van der Waals surface area contributed by atoms with E-state index in [9.17, 15) is 4.79 Å². The number of carbonyl (C=O) groups excluding carboxylic acids is 1. The SMILES string of the molecule is CCCNCCNc1c(C)cnc2c(NC(=O)c3c(Cl)cccc3Cl)cccc12. The van der Waals surface area contributed by atoms with Crippen molar-refractivity contribution in [2.24, 2.45) is 0 Å². The lowest BCUT2D eigenvalue weighted by atomic mass is 10.1. The highest BCUT2D eigenvalue weighted by Gasteiger charge is 2.17. The second-order valence-electron chi connectivity index (χ2n) is 6.75. The van der Waals surface area contributed by atoms with Crippen molar-refractivity contribution in [1.29, 1.82) is 0 Å². The van der Waals surface area contributed by atoms with E-state index in [0.29, 0.717) is 21.2 Å². The number of benzene rings is 2. The zero-order valence-electron chi connectivity index (χ0n) is 16.5. The minimum atomic E-state index is -0.367. The van der Waals surface area contributed by atoms with Crippen molar-refractivity contribution < 1.29 is 4.79 Å². The highest BCUT2D eigenvalue weighted by atomic mass is 35.5. The van der Waals surface area contributed by atoms with Gasteiger partial charge in [0, 0.05) is 30.4 Å². The summed E-state index contributed by atoms with van der Waals surface area (Å²) in [6.07, 6.45) is 2.91. The number of hydrogen-bond acceptors (Lipinski definition) is 4. The number of nitrogens with one attached hydrogen (secondary N) is 3. The Kier molecular flexibility index (Phi) is 7.31. The second kappa shape index (κ2) is 9.92. The van der Waals surface area contributed by atoms with Gasteiger partial charge in [0.2, 0.25) is 0 Å². The van der Waals surface area contributed by atoms with Gasteiger partial charge in [0.15, 0.2) is 0 Å². The summed E-state index contributed by atoms with van der Waals surface area (Å²) in [6.45, 7) is 6.83. The van der Waals surface area contributed by atoms with Gasteiger partial charge in [-0.05, 0) is 43.7 Å². The van der Waals surface area contributed by atoms with Gasteiger partial charge in [0.05, 0.1) is 26.8 Å². The smallest absolute Gasteiger partial charge is 0.258 e. The fourth-order valence-corrected chi connectivity index (χ4v) is 3.70. The van der Waals surface area contributed by atoms with Crippen molar-refractivity contribution in [1.82, 2.24) is 10.3 Å². The zero-order valence-corrected chi connectivity index (χ0v) is 18.0. The molecule has 3 rings (SSSR count). The van der Waals surface area contributed by atoms with Gasteiger partial charge in [-0.15, -0.1) is 0 Å². The third-order valence-corrected chi connectivity index (χ3v) is 5.19. The van der Waals surface area contributed by atoms with Crippen molar-refractivity contribution in [3.63, 3.8) is 0 Å². The van der Waals surface area contributed by atoms with Crippen LogP contribution in [-0.2, 0) is 0 Å². The van der Waals surface area contributed by atoms with Gasteiger partial charge in [0.25, 0.3) is 5.91 Å². The number of nitrogens with zero attached hydrogens (tertiary/aromatic N) is 1. The van der Waals surface area contributed by atoms with Crippen LogP contribution in [0.1, 0.15) is 29.3 Å². The molecule has 0 aliphatic carbocycles. The molecule has 29 heavy (non-hydrogen) atoms. The monoisotopic (exact) mass is 430 g/mol. The summed E-state index contributed by atoms with van der Waals surface area (Å²) in [6, 6.07) is 10.7. The molecule has 0 atom stereocenters. The first kappa shape index (κ1) is 21.4. The second-order valence-corrected chi connectivity index (χ2v) is 7.56. The fraction of sp³-hybridized carbons (Fsp3) is 0.273. The Morgan fingerprint density at radius 2 is 1.76 bits per heavy atom. The summed E-state index contributed by atoms with van der Waals surface area (Å²) in [4.78, 5) is 17.3. The molecule has 3 aromatic rings. The Labute approximate surface area is 180 Å². The van der Waals surface area contributed by atoms with E-state index in [1.807, 2.05) is 31.3 Å². The summed E-state index contributed by atoms with van der Waals surface area (Å²) < 4.78 is 0. The number of aromatic nitrogens is 1. The Balaban J connectivity index is 1.88. The average molecular weight is 431 g/mol. The van der Waals surface area contributed by atoms with Crippen LogP contribution in [0.5, 0.6) is 0 Å². The molecule has 0 saturated heterocycles. The lowest BCUT2D eigenvalue weighted by Crippen LogP contribution is -2.23. The molecule has 0 spiro atoms. The van der Waals surface area contributed by atoms with Crippen LogP contribution in [0, 0.1) is 6.92 Å². The molecule has 0 aliphatic rings. The maximum atomic E-state index is 12.8. The van der Waals surface area contributed by atoms with E-state index in [2.05, 4.69) is 27.9 Å². The maximum absolute atomic E-state index is 12.8. The van der Waals surface area contributed by atoms with Crippen molar-refractivity contribution in [3.8, 4) is 0 Å². The van der Waals surface area contributed by atoms with Crippen molar-refractivity contribution >= 4 is 51.4 Å². The van der Waals surface area contributed by atoms with Crippen molar-refractivity contribution in [2.75, 3.05) is 30.3 Å². The minimum absolute atomic E-state index is 0.250. The Hall–Kier alpha value is -2.34. The number of pyridine rings is 1. The third kappa shape index (κ3) is 4.99. The summed E-state index contributed by atoms with van der Waals surface area (Å²) in [5, 5.41) is 11.3. The molecule has 152 valence electrons. The largest absolute Gasteiger partial charge is 0.383 e. The van der Waals surface area contributed by atoms with Gasteiger partial charge in [-0.3, -0.25) is 9.78 Å². The first-order valence-electron chi connectivity index (χ1n) is 9.61. The van der Waals surface area contributed by atoms with Crippen LogP contribution in [0.25, 0.3) is 10.9 Å². The fourth-order valence-electron chi connectivity index (χ4n) is 3.14. The van der Waals surface area contributed by atoms with Crippen LogP contribution < -0.4 is 16.0 Å². The Morgan fingerprint density at radius 3 is 2.48 bits per heavy atom. The number of halogens is 2. The normalized spacial score (nSPS) is 10.9.